The number of carbonyl (C=O) groups is 2. The fourth-order valence-corrected chi connectivity index (χ4v) is 4.67. The molecule has 149 valence electrons. The number of hydrogen-bond donors (Lipinski definition) is 0. The van der Waals surface area contributed by atoms with Gasteiger partial charge in [0.15, 0.2) is 13.6 Å². The molecule has 2 aromatic carbocycles. The Bertz CT molecular complexity index is 913. The highest BCUT2D eigenvalue weighted by Gasteiger charge is 2.33. The van der Waals surface area contributed by atoms with E-state index in [1.54, 1.807) is 12.1 Å². The summed E-state index contributed by atoms with van der Waals surface area (Å²) < 4.78 is 23.7. The molecular weight excluding hydrogens is 375 g/mol. The summed E-state index contributed by atoms with van der Waals surface area (Å²) in [6.07, 6.45) is 0. The van der Waals surface area contributed by atoms with Gasteiger partial charge in [-0.15, -0.1) is 0 Å². The van der Waals surface area contributed by atoms with E-state index in [-0.39, 0.29) is 5.56 Å². The first-order valence-electron chi connectivity index (χ1n) is 8.97. The predicted octanol–water partition coefficient (Wildman–Crippen LogP) is 5.18. The largest absolute Gasteiger partial charge is 0.496 e. The summed E-state index contributed by atoms with van der Waals surface area (Å²) in [7, 11) is 0.440. The molecule has 0 amide bonds. The lowest BCUT2D eigenvalue weighted by atomic mass is 10.0. The van der Waals surface area contributed by atoms with E-state index in [2.05, 4.69) is 0 Å². The van der Waals surface area contributed by atoms with Gasteiger partial charge in [0, 0.05) is 5.56 Å². The molecule has 2 atom stereocenters. The van der Waals surface area contributed by atoms with E-state index in [0.717, 1.165) is 22.3 Å². The van der Waals surface area contributed by atoms with Crippen LogP contribution >= 0.6 is 7.80 Å². The lowest BCUT2D eigenvalue weighted by Crippen LogP contribution is -2.19. The van der Waals surface area contributed by atoms with Gasteiger partial charge in [-0.25, -0.2) is 0 Å². The standard InChI is InChI=1S/C22H26O5P/c1-12-8-14(3)19(15(4)9-12)22(24)28(25)16(5)21(23)20-17(26-6)10-13(2)11-18(20)27-7/h8-11,16H,1-7H3. The monoisotopic (exact) mass is 401 g/mol. The zero-order valence-corrected chi connectivity index (χ0v) is 18.3. The number of rotatable bonds is 7. The van der Waals surface area contributed by atoms with Gasteiger partial charge in [0.1, 0.15) is 17.1 Å². The first-order valence-corrected chi connectivity index (χ1v) is 10.3. The lowest BCUT2D eigenvalue weighted by Gasteiger charge is -2.17. The number of methoxy groups -OCH3 is 2. The Morgan fingerprint density at radius 1 is 0.821 bits per heavy atom. The molecule has 0 aliphatic heterocycles. The van der Waals surface area contributed by atoms with Gasteiger partial charge < -0.3 is 9.47 Å². The van der Waals surface area contributed by atoms with Gasteiger partial charge in [-0.2, -0.15) is 0 Å². The van der Waals surface area contributed by atoms with Crippen molar-refractivity contribution in [2.45, 2.75) is 40.3 Å². The van der Waals surface area contributed by atoms with Crippen molar-refractivity contribution in [1.29, 1.82) is 0 Å². The van der Waals surface area contributed by atoms with Crippen molar-refractivity contribution >= 4 is 19.1 Å². The van der Waals surface area contributed by atoms with Crippen LogP contribution in [0.3, 0.4) is 0 Å². The number of Topliss-reactive ketones (excluding diaryl/α,β-unsaturated/α-hetero) is 1. The molecule has 0 aliphatic rings. The quantitative estimate of drug-likeness (QED) is 0.472. The van der Waals surface area contributed by atoms with Crippen molar-refractivity contribution in [3.05, 3.63) is 57.6 Å². The molecule has 0 heterocycles. The highest BCUT2D eigenvalue weighted by Crippen LogP contribution is 2.40. The molecule has 0 saturated carbocycles. The van der Waals surface area contributed by atoms with Crippen molar-refractivity contribution < 1.29 is 23.6 Å². The van der Waals surface area contributed by atoms with E-state index in [9.17, 15) is 14.2 Å². The van der Waals surface area contributed by atoms with Gasteiger partial charge in [0.2, 0.25) is 5.52 Å². The Balaban J connectivity index is 2.44. The fourth-order valence-electron chi connectivity index (χ4n) is 3.40. The van der Waals surface area contributed by atoms with Crippen molar-refractivity contribution in [3.63, 3.8) is 0 Å². The van der Waals surface area contributed by atoms with E-state index in [1.165, 1.54) is 21.1 Å². The molecule has 0 spiro atoms. The third kappa shape index (κ3) is 4.15. The zero-order chi connectivity index (χ0) is 21.2. The van der Waals surface area contributed by atoms with Crippen LogP contribution in [-0.2, 0) is 4.57 Å². The molecular formula is C22H26O5P. The molecule has 0 aliphatic carbocycles. The van der Waals surface area contributed by atoms with E-state index >= 15 is 0 Å². The summed E-state index contributed by atoms with van der Waals surface area (Å²) in [6, 6.07) is 7.18. The Morgan fingerprint density at radius 2 is 1.25 bits per heavy atom. The van der Waals surface area contributed by atoms with Crippen LogP contribution in [0.1, 0.15) is 49.9 Å². The maximum atomic E-state index is 13.1. The number of aryl methyl sites for hydroxylation is 4. The highest BCUT2D eigenvalue weighted by molar-refractivity contribution is 7.66. The topological polar surface area (TPSA) is 69.7 Å². The van der Waals surface area contributed by atoms with Crippen molar-refractivity contribution in [3.8, 4) is 11.5 Å². The minimum atomic E-state index is -2.48. The summed E-state index contributed by atoms with van der Waals surface area (Å²) in [4.78, 5) is 26.1. The molecule has 28 heavy (non-hydrogen) atoms. The Kier molecular flexibility index (Phi) is 6.73. The van der Waals surface area contributed by atoms with Gasteiger partial charge in [-0.05, 0) is 63.4 Å². The second kappa shape index (κ2) is 8.66. The summed E-state index contributed by atoms with van der Waals surface area (Å²) in [6.45, 7) is 8.94. The lowest BCUT2D eigenvalue weighted by molar-refractivity contribution is 0.0976. The number of benzene rings is 2. The maximum Gasteiger partial charge on any atom is 0.243 e. The molecule has 2 rings (SSSR count). The predicted molar refractivity (Wildman–Crippen MR) is 111 cm³/mol. The van der Waals surface area contributed by atoms with Crippen LogP contribution in [0.5, 0.6) is 11.5 Å². The first kappa shape index (κ1) is 21.8. The van der Waals surface area contributed by atoms with Crippen molar-refractivity contribution in [1.82, 2.24) is 0 Å². The van der Waals surface area contributed by atoms with E-state index in [4.69, 9.17) is 9.47 Å². The minimum absolute atomic E-state index is 0.205. The zero-order valence-electron chi connectivity index (χ0n) is 17.4. The summed E-state index contributed by atoms with van der Waals surface area (Å²) in [5.41, 5.74) is 2.53. The van der Waals surface area contributed by atoms with E-state index in [1.807, 2.05) is 39.8 Å². The molecule has 1 radical (unpaired) electrons. The minimum Gasteiger partial charge on any atom is -0.496 e. The summed E-state index contributed by atoms with van der Waals surface area (Å²) >= 11 is 0. The molecule has 5 nitrogen and oxygen atoms in total. The van der Waals surface area contributed by atoms with Crippen LogP contribution in [0.25, 0.3) is 0 Å². The van der Waals surface area contributed by atoms with Gasteiger partial charge >= 0.3 is 0 Å². The normalized spacial score (nSPS) is 12.3. The first-order chi connectivity index (χ1) is 13.1. The summed E-state index contributed by atoms with van der Waals surface area (Å²) in [5.74, 6) is 0.241. The van der Waals surface area contributed by atoms with Gasteiger partial charge in [-0.3, -0.25) is 14.2 Å². The van der Waals surface area contributed by atoms with Gasteiger partial charge in [0.25, 0.3) is 0 Å². The van der Waals surface area contributed by atoms with Crippen LogP contribution in [-0.4, -0.2) is 31.2 Å². The van der Waals surface area contributed by atoms with Gasteiger partial charge in [-0.1, -0.05) is 17.7 Å². The van der Waals surface area contributed by atoms with Crippen LogP contribution < -0.4 is 9.47 Å². The van der Waals surface area contributed by atoms with Crippen LogP contribution in [0.4, 0.5) is 0 Å². The van der Waals surface area contributed by atoms with Gasteiger partial charge in [0.05, 0.1) is 19.9 Å². The number of ketones is 1. The molecule has 2 aromatic rings. The fraction of sp³-hybridized carbons (Fsp3) is 0.364. The molecule has 2 unspecified atom stereocenters. The van der Waals surface area contributed by atoms with E-state index < -0.39 is 24.8 Å². The molecule has 0 aromatic heterocycles. The third-order valence-corrected chi connectivity index (χ3v) is 6.28. The average molecular weight is 401 g/mol. The molecule has 0 saturated heterocycles. The van der Waals surface area contributed by atoms with Crippen LogP contribution in [0.2, 0.25) is 0 Å². The Hall–Kier alpha value is -2.52. The molecule has 0 N–H and O–H groups in total. The SMILES string of the molecule is COc1cc(C)cc(OC)c1C(=O)C(C)[P](=O)C(=O)c1c(C)cc(C)cc1C. The molecule has 0 bridgehead atoms. The number of ether oxygens (including phenoxy) is 2. The van der Waals surface area contributed by atoms with Crippen LogP contribution in [0, 0.1) is 27.7 Å². The number of hydrogen-bond acceptors (Lipinski definition) is 5. The maximum absolute atomic E-state index is 13.1. The second-order valence-corrected chi connectivity index (χ2v) is 8.82. The molecule has 0 fully saturated rings. The van der Waals surface area contributed by atoms with Crippen molar-refractivity contribution in [2.75, 3.05) is 14.2 Å². The number of carbonyl (C=O) groups excluding carboxylic acids is 2. The van der Waals surface area contributed by atoms with E-state index in [0.29, 0.717) is 17.1 Å². The van der Waals surface area contributed by atoms with Crippen molar-refractivity contribution in [2.24, 2.45) is 0 Å². The second-order valence-electron chi connectivity index (χ2n) is 6.99. The highest BCUT2D eigenvalue weighted by atomic mass is 31.1. The van der Waals surface area contributed by atoms with Crippen LogP contribution in [0.15, 0.2) is 24.3 Å². The summed E-state index contributed by atoms with van der Waals surface area (Å²) in [5, 5.41) is 0. The smallest absolute Gasteiger partial charge is 0.243 e. The molecule has 6 heteroatoms. The average Bonchev–Trinajstić information content (AvgIpc) is 2.64. The Morgan fingerprint density at radius 3 is 1.68 bits per heavy atom. The third-order valence-electron chi connectivity index (χ3n) is 4.72. The Labute approximate surface area is 166 Å².